The molecule has 1 amide bonds. The zero-order valence-corrected chi connectivity index (χ0v) is 16.5. The lowest BCUT2D eigenvalue weighted by Crippen LogP contribution is -2.14. The Morgan fingerprint density at radius 1 is 1.13 bits per heavy atom. The Labute approximate surface area is 173 Å². The van der Waals surface area contributed by atoms with E-state index >= 15 is 0 Å². The van der Waals surface area contributed by atoms with E-state index in [9.17, 15) is 4.79 Å². The van der Waals surface area contributed by atoms with Crippen molar-refractivity contribution in [2.24, 2.45) is 0 Å². The van der Waals surface area contributed by atoms with Gasteiger partial charge in [0.05, 0.1) is 24.7 Å². The Balaban J connectivity index is 1.48. The van der Waals surface area contributed by atoms with E-state index in [1.54, 1.807) is 24.1 Å². The maximum absolute atomic E-state index is 12.9. The molecule has 7 nitrogen and oxygen atoms in total. The molecule has 1 aliphatic carbocycles. The lowest BCUT2D eigenvalue weighted by molar-refractivity contribution is 0.102. The molecule has 7 heteroatoms. The van der Waals surface area contributed by atoms with Gasteiger partial charge < -0.3 is 9.72 Å². The second kappa shape index (κ2) is 7.51. The van der Waals surface area contributed by atoms with Crippen LogP contribution in [0.25, 0.3) is 16.9 Å². The predicted octanol–water partition coefficient (Wildman–Crippen LogP) is 4.40. The summed E-state index contributed by atoms with van der Waals surface area (Å²) in [5.74, 6) is 1.45. The summed E-state index contributed by atoms with van der Waals surface area (Å²) in [6.07, 6.45) is 4.13. The standard InChI is InChI=1S/C23H21N5O2/c1-30-18-11-9-16(10-12-18)21-13-19(27-28(21)17-5-3-2-4-6-17)22(29)26-23-24-14-20(25-23)15-7-8-15/h2-6,9-15H,7-8H2,1H3,(H2,24,25,26,29). The minimum absolute atomic E-state index is 0.309. The van der Waals surface area contributed by atoms with Gasteiger partial charge in [-0.2, -0.15) is 5.10 Å². The Kier molecular flexibility index (Phi) is 4.55. The Bertz CT molecular complexity index is 1170. The van der Waals surface area contributed by atoms with E-state index in [2.05, 4.69) is 20.4 Å². The monoisotopic (exact) mass is 399 g/mol. The molecule has 2 heterocycles. The van der Waals surface area contributed by atoms with Crippen LogP contribution in [0.1, 0.15) is 34.9 Å². The second-order valence-corrected chi connectivity index (χ2v) is 7.31. The van der Waals surface area contributed by atoms with Gasteiger partial charge in [-0.3, -0.25) is 10.1 Å². The summed E-state index contributed by atoms with van der Waals surface area (Å²) in [7, 11) is 1.63. The van der Waals surface area contributed by atoms with Crippen LogP contribution >= 0.6 is 0 Å². The molecule has 0 atom stereocenters. The van der Waals surface area contributed by atoms with Crippen molar-refractivity contribution in [1.29, 1.82) is 0 Å². The number of methoxy groups -OCH3 is 1. The Morgan fingerprint density at radius 3 is 2.60 bits per heavy atom. The average molecular weight is 399 g/mol. The van der Waals surface area contributed by atoms with Crippen LogP contribution in [0, 0.1) is 0 Å². The number of aromatic nitrogens is 4. The summed E-state index contributed by atoms with van der Waals surface area (Å²) in [5, 5.41) is 7.40. The third-order valence-electron chi connectivity index (χ3n) is 5.17. The van der Waals surface area contributed by atoms with Gasteiger partial charge in [-0.05, 0) is 55.3 Å². The number of H-pyrrole nitrogens is 1. The quantitative estimate of drug-likeness (QED) is 0.503. The number of amides is 1. The molecule has 0 saturated heterocycles. The van der Waals surface area contributed by atoms with Gasteiger partial charge in [0.1, 0.15) is 5.75 Å². The van der Waals surface area contributed by atoms with Gasteiger partial charge in [-0.15, -0.1) is 0 Å². The third-order valence-corrected chi connectivity index (χ3v) is 5.17. The number of hydrogen-bond acceptors (Lipinski definition) is 4. The first-order valence-electron chi connectivity index (χ1n) is 9.87. The van der Waals surface area contributed by atoms with Crippen molar-refractivity contribution in [3.63, 3.8) is 0 Å². The highest BCUT2D eigenvalue weighted by molar-refractivity contribution is 6.02. The van der Waals surface area contributed by atoms with Crippen LogP contribution < -0.4 is 10.1 Å². The number of aromatic amines is 1. The fourth-order valence-electron chi connectivity index (χ4n) is 3.40. The number of anilines is 1. The molecule has 2 aromatic carbocycles. The number of carbonyl (C=O) groups excluding carboxylic acids is 1. The van der Waals surface area contributed by atoms with Crippen molar-refractivity contribution in [3.05, 3.63) is 78.2 Å². The SMILES string of the molecule is COc1ccc(-c2cc(C(=O)Nc3ncc(C4CC4)[nH]3)nn2-c2ccccc2)cc1. The molecule has 0 radical (unpaired) electrons. The molecule has 1 fully saturated rings. The van der Waals surface area contributed by atoms with Crippen molar-refractivity contribution in [1.82, 2.24) is 19.7 Å². The molecular weight excluding hydrogens is 378 g/mol. The smallest absolute Gasteiger partial charge is 0.278 e. The van der Waals surface area contributed by atoms with Crippen molar-refractivity contribution in [2.75, 3.05) is 12.4 Å². The third kappa shape index (κ3) is 3.57. The average Bonchev–Trinajstić information content (AvgIpc) is 3.37. The van der Waals surface area contributed by atoms with Gasteiger partial charge in [0.25, 0.3) is 5.91 Å². The number of nitrogens with one attached hydrogen (secondary N) is 2. The zero-order valence-electron chi connectivity index (χ0n) is 16.5. The highest BCUT2D eigenvalue weighted by Crippen LogP contribution is 2.39. The van der Waals surface area contributed by atoms with Gasteiger partial charge in [0.2, 0.25) is 5.95 Å². The van der Waals surface area contributed by atoms with Gasteiger partial charge in [0.15, 0.2) is 5.69 Å². The van der Waals surface area contributed by atoms with Gasteiger partial charge in [-0.1, -0.05) is 18.2 Å². The molecule has 0 aliphatic heterocycles. The first-order chi connectivity index (χ1) is 14.7. The number of nitrogens with zero attached hydrogens (tertiary/aromatic N) is 3. The van der Waals surface area contributed by atoms with Crippen molar-refractivity contribution >= 4 is 11.9 Å². The number of benzene rings is 2. The van der Waals surface area contributed by atoms with Crippen molar-refractivity contribution < 1.29 is 9.53 Å². The van der Waals surface area contributed by atoms with Crippen molar-refractivity contribution in [2.45, 2.75) is 18.8 Å². The highest BCUT2D eigenvalue weighted by atomic mass is 16.5. The van der Waals surface area contributed by atoms with Crippen LogP contribution in [-0.2, 0) is 0 Å². The first kappa shape index (κ1) is 18.2. The number of ether oxygens (including phenoxy) is 1. The molecule has 1 aliphatic rings. The summed E-state index contributed by atoms with van der Waals surface area (Å²) >= 11 is 0. The van der Waals surface area contributed by atoms with E-state index in [0.717, 1.165) is 28.4 Å². The second-order valence-electron chi connectivity index (χ2n) is 7.31. The van der Waals surface area contributed by atoms with Gasteiger partial charge in [-0.25, -0.2) is 9.67 Å². The molecular formula is C23H21N5O2. The largest absolute Gasteiger partial charge is 0.497 e. The van der Waals surface area contributed by atoms with Crippen LogP contribution in [-0.4, -0.2) is 32.8 Å². The molecule has 5 rings (SSSR count). The van der Waals surface area contributed by atoms with Crippen molar-refractivity contribution in [3.8, 4) is 22.7 Å². The van der Waals surface area contributed by atoms with Crippen LogP contribution in [0.3, 0.4) is 0 Å². The van der Waals surface area contributed by atoms with Crippen LogP contribution in [0.2, 0.25) is 0 Å². The number of para-hydroxylation sites is 1. The minimum atomic E-state index is -0.309. The minimum Gasteiger partial charge on any atom is -0.497 e. The van der Waals surface area contributed by atoms with E-state index in [4.69, 9.17) is 4.74 Å². The number of imidazole rings is 1. The van der Waals surface area contributed by atoms with Gasteiger partial charge in [0, 0.05) is 17.2 Å². The van der Waals surface area contributed by atoms with E-state index in [1.165, 1.54) is 12.8 Å². The first-order valence-corrected chi connectivity index (χ1v) is 9.87. The lowest BCUT2D eigenvalue weighted by Gasteiger charge is -2.08. The molecule has 2 N–H and O–H groups in total. The summed E-state index contributed by atoms with van der Waals surface area (Å²) in [4.78, 5) is 20.3. The fourth-order valence-corrected chi connectivity index (χ4v) is 3.40. The summed E-state index contributed by atoms with van der Waals surface area (Å²) in [5.41, 5.74) is 4.00. The molecule has 4 aromatic rings. The van der Waals surface area contributed by atoms with E-state index < -0.39 is 0 Å². The predicted molar refractivity (Wildman–Crippen MR) is 114 cm³/mol. The number of rotatable bonds is 6. The summed E-state index contributed by atoms with van der Waals surface area (Å²) < 4.78 is 7.03. The van der Waals surface area contributed by atoms with Crippen LogP contribution in [0.5, 0.6) is 5.75 Å². The number of hydrogen-bond donors (Lipinski definition) is 2. The highest BCUT2D eigenvalue weighted by Gasteiger charge is 2.26. The fraction of sp³-hybridized carbons (Fsp3) is 0.174. The summed E-state index contributed by atoms with van der Waals surface area (Å²) in [6, 6.07) is 19.2. The Hall–Kier alpha value is -3.87. The topological polar surface area (TPSA) is 84.8 Å². The molecule has 30 heavy (non-hydrogen) atoms. The molecule has 2 aromatic heterocycles. The molecule has 0 bridgehead atoms. The Morgan fingerprint density at radius 2 is 1.90 bits per heavy atom. The van der Waals surface area contributed by atoms with Gasteiger partial charge >= 0.3 is 0 Å². The normalized spacial score (nSPS) is 13.2. The molecule has 0 spiro atoms. The van der Waals surface area contributed by atoms with E-state index in [1.807, 2.05) is 54.6 Å². The molecule has 150 valence electrons. The maximum Gasteiger partial charge on any atom is 0.278 e. The molecule has 0 unspecified atom stereocenters. The summed E-state index contributed by atoms with van der Waals surface area (Å²) in [6.45, 7) is 0. The van der Waals surface area contributed by atoms with Crippen LogP contribution in [0.15, 0.2) is 66.9 Å². The van der Waals surface area contributed by atoms with E-state index in [0.29, 0.717) is 17.6 Å². The maximum atomic E-state index is 12.9. The van der Waals surface area contributed by atoms with E-state index in [-0.39, 0.29) is 5.91 Å². The zero-order chi connectivity index (χ0) is 20.5. The van der Waals surface area contributed by atoms with Crippen LogP contribution in [0.4, 0.5) is 5.95 Å². The molecule has 1 saturated carbocycles. The lowest BCUT2D eigenvalue weighted by atomic mass is 10.1. The number of carbonyl (C=O) groups is 1.